The molecular weight excluding hydrogens is 246 g/mol. The quantitative estimate of drug-likeness (QED) is 0.878. The van der Waals surface area contributed by atoms with Gasteiger partial charge in [-0.25, -0.2) is 4.79 Å². The van der Waals surface area contributed by atoms with E-state index in [0.29, 0.717) is 16.8 Å². The van der Waals surface area contributed by atoms with Gasteiger partial charge in [0, 0.05) is 18.9 Å². The van der Waals surface area contributed by atoms with Crippen LogP contribution in [0.2, 0.25) is 0 Å². The summed E-state index contributed by atoms with van der Waals surface area (Å²) < 4.78 is 1.54. The largest absolute Gasteiger partial charge is 0.478 e. The molecule has 2 aromatic rings. The van der Waals surface area contributed by atoms with Crippen LogP contribution in [0.5, 0.6) is 0 Å². The van der Waals surface area contributed by atoms with E-state index in [1.807, 2.05) is 0 Å². The van der Waals surface area contributed by atoms with Crippen molar-refractivity contribution in [1.82, 2.24) is 9.78 Å². The molecule has 0 saturated heterocycles. The maximum atomic E-state index is 11.9. The number of rotatable bonds is 3. The van der Waals surface area contributed by atoms with E-state index in [1.54, 1.807) is 32.3 Å². The van der Waals surface area contributed by atoms with Crippen molar-refractivity contribution in [3.05, 3.63) is 47.3 Å². The van der Waals surface area contributed by atoms with E-state index in [2.05, 4.69) is 10.4 Å². The SMILES string of the molecule is Cc1cc(NC(=O)c2cnn(C)c2)ccc1C(=O)O. The van der Waals surface area contributed by atoms with Crippen molar-refractivity contribution in [2.24, 2.45) is 7.05 Å². The van der Waals surface area contributed by atoms with Gasteiger partial charge in [-0.1, -0.05) is 0 Å². The molecule has 1 aromatic heterocycles. The third kappa shape index (κ3) is 2.79. The third-order valence-electron chi connectivity index (χ3n) is 2.68. The van der Waals surface area contributed by atoms with Crippen LogP contribution in [0.1, 0.15) is 26.3 Å². The summed E-state index contributed by atoms with van der Waals surface area (Å²) in [5, 5.41) is 15.5. The second kappa shape index (κ2) is 4.93. The molecule has 0 unspecified atom stereocenters. The van der Waals surface area contributed by atoms with Crippen LogP contribution in [0, 0.1) is 6.92 Å². The first-order chi connectivity index (χ1) is 8.97. The van der Waals surface area contributed by atoms with Gasteiger partial charge in [0.05, 0.1) is 17.3 Å². The summed E-state index contributed by atoms with van der Waals surface area (Å²) in [7, 11) is 1.72. The van der Waals surface area contributed by atoms with Crippen molar-refractivity contribution in [1.29, 1.82) is 0 Å². The number of hydrogen-bond acceptors (Lipinski definition) is 3. The lowest BCUT2D eigenvalue weighted by atomic mass is 10.1. The fourth-order valence-corrected chi connectivity index (χ4v) is 1.72. The standard InChI is InChI=1S/C13H13N3O3/c1-8-5-10(3-4-11(8)13(18)19)15-12(17)9-6-14-16(2)7-9/h3-7H,1-2H3,(H,15,17)(H,18,19). The molecule has 98 valence electrons. The van der Waals surface area contributed by atoms with Crippen LogP contribution in [-0.2, 0) is 7.05 Å². The lowest BCUT2D eigenvalue weighted by Crippen LogP contribution is -2.11. The van der Waals surface area contributed by atoms with Crippen molar-refractivity contribution in [3.63, 3.8) is 0 Å². The number of aromatic carboxylic acids is 1. The Kier molecular flexibility index (Phi) is 3.33. The Morgan fingerprint density at radius 1 is 1.37 bits per heavy atom. The van der Waals surface area contributed by atoms with E-state index in [-0.39, 0.29) is 11.5 Å². The Balaban J connectivity index is 2.18. The lowest BCUT2D eigenvalue weighted by Gasteiger charge is -2.06. The topological polar surface area (TPSA) is 84.2 Å². The van der Waals surface area contributed by atoms with Crippen LogP contribution in [0.15, 0.2) is 30.6 Å². The zero-order valence-electron chi connectivity index (χ0n) is 10.5. The molecule has 1 heterocycles. The van der Waals surface area contributed by atoms with Crippen LogP contribution >= 0.6 is 0 Å². The number of carbonyl (C=O) groups excluding carboxylic acids is 1. The van der Waals surface area contributed by atoms with Crippen molar-refractivity contribution in [2.75, 3.05) is 5.32 Å². The van der Waals surface area contributed by atoms with Crippen molar-refractivity contribution in [2.45, 2.75) is 6.92 Å². The molecule has 6 nitrogen and oxygen atoms in total. The molecule has 1 aromatic carbocycles. The Bertz CT molecular complexity index is 646. The van der Waals surface area contributed by atoms with E-state index in [9.17, 15) is 9.59 Å². The smallest absolute Gasteiger partial charge is 0.335 e. The molecule has 0 aliphatic carbocycles. The maximum Gasteiger partial charge on any atom is 0.335 e. The summed E-state index contributed by atoms with van der Waals surface area (Å²) in [5.74, 6) is -1.27. The zero-order valence-corrected chi connectivity index (χ0v) is 10.5. The number of carboxylic acid groups (broad SMARTS) is 1. The molecule has 6 heteroatoms. The molecule has 0 aliphatic heterocycles. The summed E-state index contributed by atoms with van der Waals surface area (Å²) in [6.45, 7) is 1.68. The monoisotopic (exact) mass is 259 g/mol. The minimum Gasteiger partial charge on any atom is -0.478 e. The molecule has 19 heavy (non-hydrogen) atoms. The number of nitrogens with one attached hydrogen (secondary N) is 1. The van der Waals surface area contributed by atoms with Crippen molar-refractivity contribution in [3.8, 4) is 0 Å². The van der Waals surface area contributed by atoms with E-state index in [4.69, 9.17) is 5.11 Å². The summed E-state index contributed by atoms with van der Waals surface area (Å²) in [4.78, 5) is 22.8. The van der Waals surface area contributed by atoms with Gasteiger partial charge in [0.25, 0.3) is 5.91 Å². The molecule has 0 fully saturated rings. The summed E-state index contributed by atoms with van der Waals surface area (Å²) in [5.41, 5.74) is 1.81. The van der Waals surface area contributed by atoms with E-state index < -0.39 is 5.97 Å². The number of aryl methyl sites for hydroxylation is 2. The van der Waals surface area contributed by atoms with Gasteiger partial charge in [-0.05, 0) is 30.7 Å². The summed E-state index contributed by atoms with van der Waals surface area (Å²) in [6, 6.07) is 4.65. The Labute approximate surface area is 109 Å². The molecule has 0 spiro atoms. The number of benzene rings is 1. The highest BCUT2D eigenvalue weighted by Crippen LogP contribution is 2.16. The summed E-state index contributed by atoms with van der Waals surface area (Å²) >= 11 is 0. The number of carbonyl (C=O) groups is 2. The maximum absolute atomic E-state index is 11.9. The van der Waals surface area contributed by atoms with E-state index in [0.717, 1.165) is 0 Å². The fourth-order valence-electron chi connectivity index (χ4n) is 1.72. The minimum absolute atomic E-state index is 0.222. The van der Waals surface area contributed by atoms with Crippen LogP contribution in [0.25, 0.3) is 0 Å². The van der Waals surface area contributed by atoms with Gasteiger partial charge < -0.3 is 10.4 Å². The number of amides is 1. The van der Waals surface area contributed by atoms with Gasteiger partial charge in [-0.3, -0.25) is 9.48 Å². The predicted octanol–water partition coefficient (Wildman–Crippen LogP) is 1.68. The van der Waals surface area contributed by atoms with Gasteiger partial charge in [-0.15, -0.1) is 0 Å². The highest BCUT2D eigenvalue weighted by Gasteiger charge is 2.11. The van der Waals surface area contributed by atoms with Gasteiger partial charge in [0.1, 0.15) is 0 Å². The van der Waals surface area contributed by atoms with Gasteiger partial charge in [0.15, 0.2) is 0 Å². The minimum atomic E-state index is -0.984. The van der Waals surface area contributed by atoms with Gasteiger partial charge in [-0.2, -0.15) is 5.10 Å². The Hall–Kier alpha value is -2.63. The highest BCUT2D eigenvalue weighted by molar-refractivity contribution is 6.04. The van der Waals surface area contributed by atoms with Gasteiger partial charge >= 0.3 is 5.97 Å². The average Bonchev–Trinajstić information content (AvgIpc) is 2.75. The molecular formula is C13H13N3O3. The number of carboxylic acids is 1. The molecule has 0 bridgehead atoms. The summed E-state index contributed by atoms with van der Waals surface area (Å²) in [6.07, 6.45) is 3.07. The molecule has 0 aliphatic rings. The zero-order chi connectivity index (χ0) is 14.0. The Morgan fingerprint density at radius 2 is 2.11 bits per heavy atom. The first kappa shape index (κ1) is 12.8. The van der Waals surface area contributed by atoms with Crippen molar-refractivity contribution >= 4 is 17.6 Å². The van der Waals surface area contributed by atoms with Crippen LogP contribution in [-0.4, -0.2) is 26.8 Å². The molecule has 1 amide bonds. The average molecular weight is 259 g/mol. The normalized spacial score (nSPS) is 10.2. The lowest BCUT2D eigenvalue weighted by molar-refractivity contribution is 0.0696. The number of nitrogens with zero attached hydrogens (tertiary/aromatic N) is 2. The second-order valence-electron chi connectivity index (χ2n) is 4.19. The van der Waals surface area contributed by atoms with Crippen molar-refractivity contribution < 1.29 is 14.7 Å². The number of hydrogen-bond donors (Lipinski definition) is 2. The van der Waals surface area contributed by atoms with E-state index in [1.165, 1.54) is 16.9 Å². The van der Waals surface area contributed by atoms with Crippen LogP contribution in [0.3, 0.4) is 0 Å². The Morgan fingerprint density at radius 3 is 2.63 bits per heavy atom. The third-order valence-corrected chi connectivity index (χ3v) is 2.68. The molecule has 0 saturated carbocycles. The van der Waals surface area contributed by atoms with E-state index >= 15 is 0 Å². The number of aromatic nitrogens is 2. The molecule has 2 rings (SSSR count). The number of anilines is 1. The highest BCUT2D eigenvalue weighted by atomic mass is 16.4. The fraction of sp³-hybridized carbons (Fsp3) is 0.154. The van der Waals surface area contributed by atoms with Crippen LogP contribution in [0.4, 0.5) is 5.69 Å². The second-order valence-corrected chi connectivity index (χ2v) is 4.19. The first-order valence-corrected chi connectivity index (χ1v) is 5.61. The van der Waals surface area contributed by atoms with Gasteiger partial charge in [0.2, 0.25) is 0 Å². The van der Waals surface area contributed by atoms with Crippen LogP contribution < -0.4 is 5.32 Å². The molecule has 0 atom stereocenters. The predicted molar refractivity (Wildman–Crippen MR) is 69.3 cm³/mol. The first-order valence-electron chi connectivity index (χ1n) is 5.61. The molecule has 2 N–H and O–H groups in total. The molecule has 0 radical (unpaired) electrons.